The molecule has 0 radical (unpaired) electrons. The van der Waals surface area contributed by atoms with Gasteiger partial charge in [-0.2, -0.15) is 0 Å². The highest BCUT2D eigenvalue weighted by Gasteiger charge is 2.40. The van der Waals surface area contributed by atoms with Gasteiger partial charge in [-0.25, -0.2) is 4.98 Å². The summed E-state index contributed by atoms with van der Waals surface area (Å²) < 4.78 is 3.85. The fourth-order valence-corrected chi connectivity index (χ4v) is 4.33. The Hall–Kier alpha value is -2.66. The standard InChI is InChI=1S/C19H17N3O2/c23-17-7-3-6-15-19(24)14(8-9-21(15)17)18-13-5-2-1-4-12(13)16-10-20-11-22(16)18/h1-7,10-11,14,18-19,24H,8-9H2/t14-,18+,19+/m0/s1. The number of hydrogen-bond acceptors (Lipinski definition) is 3. The summed E-state index contributed by atoms with van der Waals surface area (Å²) in [7, 11) is 0. The van der Waals surface area contributed by atoms with Gasteiger partial charge < -0.3 is 14.2 Å². The highest BCUT2D eigenvalue weighted by molar-refractivity contribution is 5.69. The molecule has 5 nitrogen and oxygen atoms in total. The first-order chi connectivity index (χ1) is 11.8. The van der Waals surface area contributed by atoms with Gasteiger partial charge in [-0.1, -0.05) is 30.3 Å². The van der Waals surface area contributed by atoms with E-state index in [0.717, 1.165) is 12.1 Å². The number of fused-ring (bicyclic) bond motifs is 4. The van der Waals surface area contributed by atoms with E-state index >= 15 is 0 Å². The van der Waals surface area contributed by atoms with E-state index in [9.17, 15) is 9.90 Å². The van der Waals surface area contributed by atoms with Gasteiger partial charge in [-0.15, -0.1) is 0 Å². The molecule has 120 valence electrons. The van der Waals surface area contributed by atoms with E-state index in [4.69, 9.17) is 0 Å². The van der Waals surface area contributed by atoms with Crippen LogP contribution in [0.2, 0.25) is 0 Å². The first-order valence-corrected chi connectivity index (χ1v) is 8.24. The van der Waals surface area contributed by atoms with Crippen molar-refractivity contribution in [3.8, 4) is 11.3 Å². The summed E-state index contributed by atoms with van der Waals surface area (Å²) in [5.74, 6) is 0.0170. The highest BCUT2D eigenvalue weighted by Crippen LogP contribution is 2.48. The van der Waals surface area contributed by atoms with Crippen molar-refractivity contribution in [3.63, 3.8) is 0 Å². The maximum absolute atomic E-state index is 12.0. The molecule has 0 aliphatic carbocycles. The molecular formula is C19H17N3O2. The molecule has 0 saturated carbocycles. The van der Waals surface area contributed by atoms with Crippen molar-refractivity contribution in [1.82, 2.24) is 14.1 Å². The summed E-state index contributed by atoms with van der Waals surface area (Å²) in [6.07, 6.45) is 3.82. The summed E-state index contributed by atoms with van der Waals surface area (Å²) in [4.78, 5) is 16.3. The van der Waals surface area contributed by atoms with Crippen molar-refractivity contribution in [3.05, 3.63) is 76.6 Å². The zero-order valence-electron chi connectivity index (χ0n) is 13.0. The van der Waals surface area contributed by atoms with E-state index in [2.05, 4.69) is 21.7 Å². The predicted octanol–water partition coefficient (Wildman–Crippen LogP) is 2.37. The number of imidazole rings is 1. The Balaban J connectivity index is 1.64. The first kappa shape index (κ1) is 13.7. The lowest BCUT2D eigenvalue weighted by Gasteiger charge is -2.35. The Morgan fingerprint density at radius 1 is 1.12 bits per heavy atom. The Morgan fingerprint density at radius 2 is 2.00 bits per heavy atom. The predicted molar refractivity (Wildman–Crippen MR) is 89.6 cm³/mol. The summed E-state index contributed by atoms with van der Waals surface area (Å²) in [5, 5.41) is 11.0. The number of aliphatic hydroxyl groups is 1. The molecule has 0 saturated heterocycles. The van der Waals surface area contributed by atoms with E-state index in [-0.39, 0.29) is 17.5 Å². The minimum atomic E-state index is -0.668. The van der Waals surface area contributed by atoms with Crippen LogP contribution in [0, 0.1) is 5.92 Å². The third kappa shape index (κ3) is 1.73. The molecule has 1 aromatic carbocycles. The van der Waals surface area contributed by atoms with E-state index in [1.165, 1.54) is 11.1 Å². The lowest BCUT2D eigenvalue weighted by Crippen LogP contribution is -2.36. The molecule has 0 bridgehead atoms. The lowest BCUT2D eigenvalue weighted by molar-refractivity contribution is 0.0536. The van der Waals surface area contributed by atoms with Gasteiger partial charge in [0.05, 0.1) is 36.1 Å². The maximum Gasteiger partial charge on any atom is 0.250 e. The van der Waals surface area contributed by atoms with Gasteiger partial charge >= 0.3 is 0 Å². The van der Waals surface area contributed by atoms with Crippen molar-refractivity contribution >= 4 is 0 Å². The molecule has 2 aliphatic rings. The number of nitrogens with zero attached hydrogens (tertiary/aromatic N) is 3. The van der Waals surface area contributed by atoms with Crippen molar-refractivity contribution in [2.45, 2.75) is 25.1 Å². The zero-order chi connectivity index (χ0) is 16.3. The summed E-state index contributed by atoms with van der Waals surface area (Å²) in [6, 6.07) is 13.5. The molecule has 24 heavy (non-hydrogen) atoms. The average Bonchev–Trinajstić information content (AvgIpc) is 3.17. The number of hydrogen-bond donors (Lipinski definition) is 1. The molecule has 3 aromatic rings. The second-order valence-electron chi connectivity index (χ2n) is 6.56. The van der Waals surface area contributed by atoms with Crippen LogP contribution >= 0.6 is 0 Å². The molecule has 2 aliphatic heterocycles. The number of aliphatic hydroxyl groups excluding tert-OH is 1. The molecule has 5 rings (SSSR count). The quantitative estimate of drug-likeness (QED) is 0.749. The van der Waals surface area contributed by atoms with Gasteiger partial charge in [0, 0.05) is 24.1 Å². The minimum Gasteiger partial charge on any atom is -0.386 e. The molecule has 0 unspecified atom stereocenters. The highest BCUT2D eigenvalue weighted by atomic mass is 16.3. The maximum atomic E-state index is 12.0. The average molecular weight is 319 g/mol. The van der Waals surface area contributed by atoms with Crippen LogP contribution in [-0.4, -0.2) is 19.2 Å². The van der Waals surface area contributed by atoms with E-state index < -0.39 is 6.10 Å². The third-order valence-corrected chi connectivity index (χ3v) is 5.40. The van der Waals surface area contributed by atoms with Crippen LogP contribution in [0.15, 0.2) is 59.8 Å². The molecule has 1 N–H and O–H groups in total. The lowest BCUT2D eigenvalue weighted by atomic mass is 9.82. The van der Waals surface area contributed by atoms with Gasteiger partial charge in [0.25, 0.3) is 5.56 Å². The van der Waals surface area contributed by atoms with Crippen LogP contribution in [0.4, 0.5) is 0 Å². The SMILES string of the molecule is O=c1cccc2n1CC[C@@H]([C@H]1c3ccccc3-c3cncn31)[C@H]2O. The van der Waals surface area contributed by atoms with Crippen LogP contribution < -0.4 is 5.56 Å². The van der Waals surface area contributed by atoms with Crippen LogP contribution in [-0.2, 0) is 6.54 Å². The smallest absolute Gasteiger partial charge is 0.250 e. The van der Waals surface area contributed by atoms with Crippen LogP contribution in [0.5, 0.6) is 0 Å². The van der Waals surface area contributed by atoms with Crippen molar-refractivity contribution < 1.29 is 5.11 Å². The van der Waals surface area contributed by atoms with Crippen LogP contribution in [0.25, 0.3) is 11.3 Å². The molecule has 0 spiro atoms. The van der Waals surface area contributed by atoms with Crippen LogP contribution in [0.1, 0.15) is 29.8 Å². The first-order valence-electron chi connectivity index (χ1n) is 8.24. The summed E-state index contributed by atoms with van der Waals surface area (Å²) >= 11 is 0. The monoisotopic (exact) mass is 319 g/mol. The van der Waals surface area contributed by atoms with Crippen LogP contribution in [0.3, 0.4) is 0 Å². The van der Waals surface area contributed by atoms with Gasteiger partial charge in [0.15, 0.2) is 0 Å². The van der Waals surface area contributed by atoms with Crippen molar-refractivity contribution in [2.24, 2.45) is 5.92 Å². The fourth-order valence-electron chi connectivity index (χ4n) is 4.33. The van der Waals surface area contributed by atoms with Crippen molar-refractivity contribution in [2.75, 3.05) is 0 Å². The Kier molecular flexibility index (Phi) is 2.82. The van der Waals surface area contributed by atoms with Gasteiger partial charge in [0.1, 0.15) is 0 Å². The number of benzene rings is 1. The van der Waals surface area contributed by atoms with Crippen molar-refractivity contribution in [1.29, 1.82) is 0 Å². The third-order valence-electron chi connectivity index (χ3n) is 5.40. The molecule has 0 amide bonds. The number of pyridine rings is 1. The fraction of sp³-hybridized carbons (Fsp3) is 0.263. The Bertz CT molecular complexity index is 988. The Labute approximate surface area is 138 Å². The molecule has 0 fully saturated rings. The topological polar surface area (TPSA) is 60.0 Å². The summed E-state index contributed by atoms with van der Waals surface area (Å²) in [5.41, 5.74) is 4.18. The normalized spacial score (nSPS) is 24.3. The van der Waals surface area contributed by atoms with E-state index in [1.54, 1.807) is 16.7 Å². The number of rotatable bonds is 1. The van der Waals surface area contributed by atoms with E-state index in [1.807, 2.05) is 30.7 Å². The largest absolute Gasteiger partial charge is 0.386 e. The molecule has 2 aromatic heterocycles. The second kappa shape index (κ2) is 4.92. The molecule has 5 heteroatoms. The zero-order valence-corrected chi connectivity index (χ0v) is 13.0. The molecular weight excluding hydrogens is 302 g/mol. The molecule has 3 atom stereocenters. The Morgan fingerprint density at radius 3 is 2.92 bits per heavy atom. The minimum absolute atomic E-state index is 0.0170. The van der Waals surface area contributed by atoms with E-state index in [0.29, 0.717) is 12.2 Å². The van der Waals surface area contributed by atoms with Gasteiger partial charge in [0.2, 0.25) is 0 Å². The summed E-state index contributed by atoms with van der Waals surface area (Å²) in [6.45, 7) is 0.638. The molecule has 4 heterocycles. The van der Waals surface area contributed by atoms with Gasteiger partial charge in [-0.3, -0.25) is 4.79 Å². The van der Waals surface area contributed by atoms with Gasteiger partial charge in [-0.05, 0) is 18.1 Å². The number of aromatic nitrogens is 3. The second-order valence-corrected chi connectivity index (χ2v) is 6.56.